The molecule has 0 bridgehead atoms. The molecule has 0 amide bonds. The molecular formula is C20H29N3O. The van der Waals surface area contributed by atoms with Crippen molar-refractivity contribution >= 4 is 10.9 Å². The van der Waals surface area contributed by atoms with Gasteiger partial charge in [0, 0.05) is 57.0 Å². The summed E-state index contributed by atoms with van der Waals surface area (Å²) in [6.45, 7) is 10.0. The number of hydrogen-bond acceptors (Lipinski definition) is 4. The average molecular weight is 327 g/mol. The van der Waals surface area contributed by atoms with E-state index in [0.717, 1.165) is 44.7 Å². The van der Waals surface area contributed by atoms with Crippen LogP contribution in [0.4, 0.5) is 0 Å². The van der Waals surface area contributed by atoms with Gasteiger partial charge < -0.3 is 5.11 Å². The number of benzene rings is 1. The molecule has 1 fully saturated rings. The average Bonchev–Trinajstić information content (AvgIpc) is 2.57. The molecule has 0 aliphatic carbocycles. The van der Waals surface area contributed by atoms with E-state index in [1.54, 1.807) is 0 Å². The monoisotopic (exact) mass is 327 g/mol. The number of piperazine rings is 1. The van der Waals surface area contributed by atoms with Gasteiger partial charge in [-0.05, 0) is 24.0 Å². The minimum absolute atomic E-state index is 0.267. The Hall–Kier alpha value is -1.49. The lowest BCUT2D eigenvalue weighted by Gasteiger charge is -2.42. The summed E-state index contributed by atoms with van der Waals surface area (Å²) in [5.41, 5.74) is 2.41. The topological polar surface area (TPSA) is 39.6 Å². The second-order valence-electron chi connectivity index (χ2n) is 7.28. The third kappa shape index (κ3) is 4.12. The van der Waals surface area contributed by atoms with Crippen LogP contribution < -0.4 is 0 Å². The molecule has 130 valence electrons. The predicted molar refractivity (Wildman–Crippen MR) is 98.9 cm³/mol. The van der Waals surface area contributed by atoms with Crippen LogP contribution in [0, 0.1) is 5.92 Å². The summed E-state index contributed by atoms with van der Waals surface area (Å²) in [5.74, 6) is 0.667. The van der Waals surface area contributed by atoms with Crippen LogP contribution in [0.1, 0.15) is 25.8 Å². The van der Waals surface area contributed by atoms with E-state index in [-0.39, 0.29) is 6.61 Å². The molecular weight excluding hydrogens is 298 g/mol. The maximum Gasteiger partial charge on any atom is 0.0746 e. The Labute approximate surface area is 145 Å². The molecule has 4 nitrogen and oxygen atoms in total. The van der Waals surface area contributed by atoms with Gasteiger partial charge in [0.2, 0.25) is 0 Å². The lowest BCUT2D eigenvalue weighted by Crippen LogP contribution is -2.53. The van der Waals surface area contributed by atoms with E-state index in [1.165, 1.54) is 10.9 Å². The van der Waals surface area contributed by atoms with E-state index in [4.69, 9.17) is 0 Å². The van der Waals surface area contributed by atoms with Crippen LogP contribution in [0.15, 0.2) is 36.5 Å². The quantitative estimate of drug-likeness (QED) is 0.885. The maximum absolute atomic E-state index is 9.43. The maximum atomic E-state index is 9.43. The van der Waals surface area contributed by atoms with Crippen molar-refractivity contribution in [3.05, 3.63) is 42.1 Å². The van der Waals surface area contributed by atoms with Crippen LogP contribution in [-0.2, 0) is 6.54 Å². The van der Waals surface area contributed by atoms with Crippen molar-refractivity contribution in [3.8, 4) is 0 Å². The highest BCUT2D eigenvalue weighted by Gasteiger charge is 2.27. The van der Waals surface area contributed by atoms with Crippen LogP contribution in [0.25, 0.3) is 10.9 Å². The third-order valence-corrected chi connectivity index (χ3v) is 4.86. The normalized spacial score (nSPS) is 20.1. The van der Waals surface area contributed by atoms with Gasteiger partial charge in [0.15, 0.2) is 0 Å². The van der Waals surface area contributed by atoms with E-state index in [1.807, 2.05) is 12.3 Å². The van der Waals surface area contributed by atoms with Crippen LogP contribution in [0.2, 0.25) is 0 Å². The molecule has 1 N–H and O–H groups in total. The zero-order chi connectivity index (χ0) is 16.9. The van der Waals surface area contributed by atoms with Crippen LogP contribution >= 0.6 is 0 Å². The Balaban J connectivity index is 1.71. The molecule has 4 heteroatoms. The molecule has 0 saturated carbocycles. The molecule has 24 heavy (non-hydrogen) atoms. The first kappa shape index (κ1) is 17.3. The van der Waals surface area contributed by atoms with Crippen LogP contribution in [0.5, 0.6) is 0 Å². The number of aromatic nitrogens is 1. The van der Waals surface area contributed by atoms with E-state index >= 15 is 0 Å². The van der Waals surface area contributed by atoms with Crippen LogP contribution in [0.3, 0.4) is 0 Å². The Morgan fingerprint density at radius 2 is 2.04 bits per heavy atom. The smallest absolute Gasteiger partial charge is 0.0746 e. The molecule has 1 aromatic heterocycles. The second kappa shape index (κ2) is 8.06. The van der Waals surface area contributed by atoms with Gasteiger partial charge in [-0.25, -0.2) is 0 Å². The number of aliphatic hydroxyl groups excluding tert-OH is 1. The van der Waals surface area contributed by atoms with Crippen molar-refractivity contribution in [2.75, 3.05) is 32.8 Å². The summed E-state index contributed by atoms with van der Waals surface area (Å²) in [6.07, 6.45) is 2.73. The lowest BCUT2D eigenvalue weighted by atomic mass is 10.0. The van der Waals surface area contributed by atoms with Gasteiger partial charge in [0.1, 0.15) is 0 Å². The van der Waals surface area contributed by atoms with Crippen molar-refractivity contribution < 1.29 is 5.11 Å². The number of aliphatic hydroxyl groups is 1. The fourth-order valence-electron chi connectivity index (χ4n) is 3.77. The largest absolute Gasteiger partial charge is 0.396 e. The highest BCUT2D eigenvalue weighted by molar-refractivity contribution is 5.81. The third-order valence-electron chi connectivity index (χ3n) is 4.86. The van der Waals surface area contributed by atoms with Crippen molar-refractivity contribution in [2.45, 2.75) is 32.9 Å². The van der Waals surface area contributed by atoms with E-state index in [0.29, 0.717) is 12.0 Å². The summed E-state index contributed by atoms with van der Waals surface area (Å²) in [5, 5.41) is 10.6. The first-order chi connectivity index (χ1) is 11.7. The number of nitrogens with zero attached hydrogens (tertiary/aromatic N) is 3. The van der Waals surface area contributed by atoms with Crippen molar-refractivity contribution in [2.24, 2.45) is 5.92 Å². The Bertz CT molecular complexity index is 653. The van der Waals surface area contributed by atoms with Crippen LogP contribution in [-0.4, -0.2) is 58.7 Å². The summed E-state index contributed by atoms with van der Waals surface area (Å²) >= 11 is 0. The number of hydrogen-bond donors (Lipinski definition) is 1. The Morgan fingerprint density at radius 1 is 1.21 bits per heavy atom. The fraction of sp³-hybridized carbons (Fsp3) is 0.550. The summed E-state index contributed by atoms with van der Waals surface area (Å²) in [4.78, 5) is 9.65. The summed E-state index contributed by atoms with van der Waals surface area (Å²) in [7, 11) is 0. The zero-order valence-electron chi connectivity index (χ0n) is 14.9. The lowest BCUT2D eigenvalue weighted by molar-refractivity contribution is 0.0478. The Morgan fingerprint density at radius 3 is 2.83 bits per heavy atom. The molecule has 2 aromatic rings. The highest BCUT2D eigenvalue weighted by atomic mass is 16.3. The zero-order valence-corrected chi connectivity index (χ0v) is 14.9. The molecule has 1 aliphatic rings. The molecule has 1 atom stereocenters. The molecule has 3 rings (SSSR count). The van der Waals surface area contributed by atoms with Crippen molar-refractivity contribution in [1.82, 2.24) is 14.8 Å². The predicted octanol–water partition coefficient (Wildman–Crippen LogP) is 2.76. The molecule has 0 radical (unpaired) electrons. The molecule has 0 unspecified atom stereocenters. The molecule has 2 heterocycles. The highest BCUT2D eigenvalue weighted by Crippen LogP contribution is 2.21. The minimum atomic E-state index is 0.267. The van der Waals surface area contributed by atoms with Gasteiger partial charge in [-0.15, -0.1) is 0 Å². The van der Waals surface area contributed by atoms with Crippen molar-refractivity contribution in [3.63, 3.8) is 0 Å². The van der Waals surface area contributed by atoms with Gasteiger partial charge in [0.05, 0.1) is 5.52 Å². The van der Waals surface area contributed by atoms with Gasteiger partial charge >= 0.3 is 0 Å². The van der Waals surface area contributed by atoms with E-state index in [2.05, 4.69) is 52.9 Å². The number of rotatable bonds is 6. The Kier molecular flexibility index (Phi) is 5.82. The van der Waals surface area contributed by atoms with Crippen molar-refractivity contribution in [1.29, 1.82) is 0 Å². The van der Waals surface area contributed by atoms with E-state index < -0.39 is 0 Å². The van der Waals surface area contributed by atoms with E-state index in [9.17, 15) is 5.11 Å². The molecule has 1 aliphatic heterocycles. The number of pyridine rings is 1. The second-order valence-corrected chi connectivity index (χ2v) is 7.28. The standard InChI is InChI=1S/C20H29N3O/c1-16(2)13-23-11-10-22(15-19(23)8-12-24)14-18-6-3-5-17-7-4-9-21-20(17)18/h3-7,9,16,19,24H,8,10-15H2,1-2H3/t19-/m0/s1. The molecule has 0 spiro atoms. The molecule has 1 aromatic carbocycles. The number of fused-ring (bicyclic) bond motifs is 1. The fourth-order valence-corrected chi connectivity index (χ4v) is 3.77. The minimum Gasteiger partial charge on any atom is -0.396 e. The van der Waals surface area contributed by atoms with Gasteiger partial charge in [-0.3, -0.25) is 14.8 Å². The SMILES string of the molecule is CC(C)CN1CCN(Cc2cccc3cccnc23)C[C@@H]1CCO. The number of para-hydroxylation sites is 1. The van der Waals surface area contributed by atoms with Gasteiger partial charge in [0.25, 0.3) is 0 Å². The summed E-state index contributed by atoms with van der Waals surface area (Å²) < 4.78 is 0. The summed E-state index contributed by atoms with van der Waals surface area (Å²) in [6, 6.07) is 11.0. The van der Waals surface area contributed by atoms with Gasteiger partial charge in [-0.1, -0.05) is 38.1 Å². The van der Waals surface area contributed by atoms with Gasteiger partial charge in [-0.2, -0.15) is 0 Å². The first-order valence-corrected chi connectivity index (χ1v) is 9.07. The molecule has 1 saturated heterocycles. The first-order valence-electron chi connectivity index (χ1n) is 9.07.